The van der Waals surface area contributed by atoms with E-state index in [1.54, 1.807) is 0 Å². The minimum atomic E-state index is -0.582. The van der Waals surface area contributed by atoms with Crippen LogP contribution in [-0.4, -0.2) is 11.1 Å². The number of hydrogen-bond acceptors (Lipinski definition) is 1. The molecular weight excluding hydrogens is 176 g/mol. The molecule has 1 rings (SSSR count). The maximum absolute atomic E-state index is 10.5. The Morgan fingerprint density at radius 3 is 2.43 bits per heavy atom. The lowest BCUT2D eigenvalue weighted by molar-refractivity contribution is -0.138. The van der Waals surface area contributed by atoms with Gasteiger partial charge in [0.05, 0.1) is 5.92 Å². The molecule has 1 saturated carbocycles. The first-order chi connectivity index (χ1) is 6.75. The average Bonchev–Trinajstić information content (AvgIpc) is 2.90. The number of unbranched alkanes of at least 4 members (excludes halogenated alkanes) is 5. The third-order valence-corrected chi connectivity index (χ3v) is 3.17. The van der Waals surface area contributed by atoms with E-state index in [0.29, 0.717) is 5.92 Å². The Hall–Kier alpha value is -0.530. The van der Waals surface area contributed by atoms with E-state index in [0.717, 1.165) is 12.8 Å². The molecule has 0 saturated heterocycles. The first-order valence-electron chi connectivity index (χ1n) is 5.98. The van der Waals surface area contributed by atoms with E-state index in [1.807, 2.05) is 0 Å². The smallest absolute Gasteiger partial charge is 0.306 e. The van der Waals surface area contributed by atoms with Crippen LogP contribution in [0.15, 0.2) is 0 Å². The number of aliphatic carboxylic acids is 1. The zero-order valence-electron chi connectivity index (χ0n) is 9.17. The van der Waals surface area contributed by atoms with Gasteiger partial charge in [-0.1, -0.05) is 45.4 Å². The molecule has 1 aliphatic carbocycles. The number of carboxylic acid groups (broad SMARTS) is 1. The lowest BCUT2D eigenvalue weighted by Gasteiger charge is -1.99. The van der Waals surface area contributed by atoms with Gasteiger partial charge in [-0.15, -0.1) is 0 Å². The molecule has 14 heavy (non-hydrogen) atoms. The maximum atomic E-state index is 10.5. The highest BCUT2D eigenvalue weighted by molar-refractivity contribution is 5.73. The van der Waals surface area contributed by atoms with Gasteiger partial charge < -0.3 is 5.11 Å². The van der Waals surface area contributed by atoms with Crippen LogP contribution >= 0.6 is 0 Å². The van der Waals surface area contributed by atoms with Crippen molar-refractivity contribution in [2.24, 2.45) is 11.8 Å². The van der Waals surface area contributed by atoms with Crippen LogP contribution in [0.1, 0.15) is 58.3 Å². The summed E-state index contributed by atoms with van der Waals surface area (Å²) >= 11 is 0. The van der Waals surface area contributed by atoms with Gasteiger partial charge in [0.15, 0.2) is 0 Å². The van der Waals surface area contributed by atoms with Gasteiger partial charge in [0, 0.05) is 0 Å². The SMILES string of the molecule is CCCCCCCC[C@@H]1C[C@@H]1C(=O)O. The van der Waals surface area contributed by atoms with E-state index in [1.165, 1.54) is 38.5 Å². The summed E-state index contributed by atoms with van der Waals surface area (Å²) < 4.78 is 0. The molecule has 0 aromatic heterocycles. The van der Waals surface area contributed by atoms with E-state index in [2.05, 4.69) is 6.92 Å². The first-order valence-corrected chi connectivity index (χ1v) is 5.98. The minimum absolute atomic E-state index is 0.00522. The average molecular weight is 198 g/mol. The van der Waals surface area contributed by atoms with Crippen LogP contribution in [0.5, 0.6) is 0 Å². The third kappa shape index (κ3) is 4.12. The fraction of sp³-hybridized carbons (Fsp3) is 0.917. The van der Waals surface area contributed by atoms with Crippen molar-refractivity contribution in [3.63, 3.8) is 0 Å². The van der Waals surface area contributed by atoms with Crippen molar-refractivity contribution in [3.05, 3.63) is 0 Å². The van der Waals surface area contributed by atoms with Crippen LogP contribution in [0.2, 0.25) is 0 Å². The van der Waals surface area contributed by atoms with Crippen molar-refractivity contribution in [1.82, 2.24) is 0 Å². The number of rotatable bonds is 8. The van der Waals surface area contributed by atoms with E-state index in [-0.39, 0.29) is 5.92 Å². The number of carboxylic acids is 1. The summed E-state index contributed by atoms with van der Waals surface area (Å²) in [6.07, 6.45) is 9.93. The molecule has 2 heteroatoms. The molecule has 0 spiro atoms. The van der Waals surface area contributed by atoms with Gasteiger partial charge in [0.1, 0.15) is 0 Å². The summed E-state index contributed by atoms with van der Waals surface area (Å²) in [6.45, 7) is 2.22. The summed E-state index contributed by atoms with van der Waals surface area (Å²) in [6, 6.07) is 0. The van der Waals surface area contributed by atoms with Gasteiger partial charge in [0.2, 0.25) is 0 Å². The highest BCUT2D eigenvalue weighted by Crippen LogP contribution is 2.42. The van der Waals surface area contributed by atoms with Crippen molar-refractivity contribution in [3.8, 4) is 0 Å². The third-order valence-electron chi connectivity index (χ3n) is 3.17. The van der Waals surface area contributed by atoms with Gasteiger partial charge in [-0.25, -0.2) is 0 Å². The van der Waals surface area contributed by atoms with Crippen LogP contribution in [0.4, 0.5) is 0 Å². The van der Waals surface area contributed by atoms with Crippen LogP contribution in [0.25, 0.3) is 0 Å². The first kappa shape index (κ1) is 11.5. The van der Waals surface area contributed by atoms with E-state index >= 15 is 0 Å². The number of hydrogen-bond donors (Lipinski definition) is 1. The normalized spacial score (nSPS) is 24.9. The van der Waals surface area contributed by atoms with Crippen molar-refractivity contribution < 1.29 is 9.90 Å². The molecule has 0 heterocycles. The predicted octanol–water partition coefficient (Wildman–Crippen LogP) is 3.46. The van der Waals surface area contributed by atoms with Crippen LogP contribution < -0.4 is 0 Å². The summed E-state index contributed by atoms with van der Waals surface area (Å²) in [4.78, 5) is 10.5. The molecule has 1 fully saturated rings. The zero-order chi connectivity index (χ0) is 10.4. The second-order valence-electron chi connectivity index (χ2n) is 4.50. The molecule has 0 amide bonds. The molecule has 1 aliphatic rings. The largest absolute Gasteiger partial charge is 0.481 e. The molecule has 0 radical (unpaired) electrons. The van der Waals surface area contributed by atoms with Crippen molar-refractivity contribution in [1.29, 1.82) is 0 Å². The molecule has 0 unspecified atom stereocenters. The summed E-state index contributed by atoms with van der Waals surface area (Å²) in [5.41, 5.74) is 0. The highest BCUT2D eigenvalue weighted by Gasteiger charge is 2.42. The predicted molar refractivity (Wildman–Crippen MR) is 57.2 cm³/mol. The van der Waals surface area contributed by atoms with Crippen molar-refractivity contribution in [2.75, 3.05) is 0 Å². The van der Waals surface area contributed by atoms with Gasteiger partial charge in [-0.3, -0.25) is 4.79 Å². The number of carbonyl (C=O) groups is 1. The standard InChI is InChI=1S/C12H22O2/c1-2-3-4-5-6-7-8-10-9-11(10)12(13)14/h10-11H,2-9H2,1H3,(H,13,14)/t10-,11+/m1/s1. The van der Waals surface area contributed by atoms with E-state index in [9.17, 15) is 4.79 Å². The monoisotopic (exact) mass is 198 g/mol. The molecule has 82 valence electrons. The van der Waals surface area contributed by atoms with Crippen LogP contribution in [0.3, 0.4) is 0 Å². The Balaban J connectivity index is 1.84. The molecule has 0 aromatic rings. The van der Waals surface area contributed by atoms with Gasteiger partial charge in [-0.2, -0.15) is 0 Å². The van der Waals surface area contributed by atoms with Gasteiger partial charge >= 0.3 is 5.97 Å². The quantitative estimate of drug-likeness (QED) is 0.606. The summed E-state index contributed by atoms with van der Waals surface area (Å²) in [7, 11) is 0. The molecule has 0 aromatic carbocycles. The van der Waals surface area contributed by atoms with Crippen molar-refractivity contribution >= 4 is 5.97 Å². The molecule has 0 aliphatic heterocycles. The van der Waals surface area contributed by atoms with Crippen LogP contribution in [-0.2, 0) is 4.79 Å². The topological polar surface area (TPSA) is 37.3 Å². The van der Waals surface area contributed by atoms with E-state index < -0.39 is 5.97 Å². The lowest BCUT2D eigenvalue weighted by Crippen LogP contribution is -1.99. The Kier molecular flexibility index (Phi) is 4.99. The van der Waals surface area contributed by atoms with Crippen molar-refractivity contribution in [2.45, 2.75) is 58.3 Å². The lowest BCUT2D eigenvalue weighted by atomic mass is 10.1. The zero-order valence-corrected chi connectivity index (χ0v) is 9.17. The summed E-state index contributed by atoms with van der Waals surface area (Å²) in [5.74, 6) is -0.0645. The Bertz CT molecular complexity index is 177. The molecule has 1 N–H and O–H groups in total. The molecule has 0 bridgehead atoms. The minimum Gasteiger partial charge on any atom is -0.481 e. The second kappa shape index (κ2) is 6.05. The Labute approximate surface area is 86.7 Å². The Morgan fingerprint density at radius 2 is 1.86 bits per heavy atom. The van der Waals surface area contributed by atoms with E-state index in [4.69, 9.17) is 5.11 Å². The second-order valence-corrected chi connectivity index (χ2v) is 4.50. The molecular formula is C12H22O2. The summed E-state index contributed by atoms with van der Waals surface area (Å²) in [5, 5.41) is 8.70. The fourth-order valence-electron chi connectivity index (χ4n) is 2.06. The van der Waals surface area contributed by atoms with Gasteiger partial charge in [0.25, 0.3) is 0 Å². The highest BCUT2D eigenvalue weighted by atomic mass is 16.4. The molecule has 2 atom stereocenters. The molecule has 2 nitrogen and oxygen atoms in total. The van der Waals surface area contributed by atoms with Crippen LogP contribution in [0, 0.1) is 11.8 Å². The fourth-order valence-corrected chi connectivity index (χ4v) is 2.06. The Morgan fingerprint density at radius 1 is 1.21 bits per heavy atom. The maximum Gasteiger partial charge on any atom is 0.306 e. The van der Waals surface area contributed by atoms with Gasteiger partial charge in [-0.05, 0) is 18.8 Å².